The Kier molecular flexibility index (Phi) is 2.29. The Bertz CT molecular complexity index is 197. The van der Waals surface area contributed by atoms with Gasteiger partial charge in [-0.15, -0.1) is 0 Å². The van der Waals surface area contributed by atoms with E-state index in [9.17, 15) is 10.2 Å². The van der Waals surface area contributed by atoms with Gasteiger partial charge in [0.1, 0.15) is 11.7 Å². The molecule has 0 aromatic carbocycles. The lowest BCUT2D eigenvalue weighted by molar-refractivity contribution is -0.160. The molecular weight excluding hydrogens is 176 g/mol. The molecule has 0 aromatic heterocycles. The molecule has 0 aliphatic carbocycles. The molecule has 2 saturated heterocycles. The summed E-state index contributed by atoms with van der Waals surface area (Å²) in [4.78, 5) is 0. The van der Waals surface area contributed by atoms with E-state index >= 15 is 0 Å². The van der Waals surface area contributed by atoms with Gasteiger partial charge in [0.15, 0.2) is 6.29 Å². The highest BCUT2D eigenvalue weighted by atomic mass is 16.7. The third-order valence-electron chi connectivity index (χ3n) is 3.01. The molecule has 0 saturated carbocycles. The van der Waals surface area contributed by atoms with E-state index in [4.69, 9.17) is 14.6 Å². The summed E-state index contributed by atoms with van der Waals surface area (Å²) in [6, 6.07) is 0. The molecule has 76 valence electrons. The number of hydrogen-bond donors (Lipinski definition) is 3. The molecule has 0 amide bonds. The van der Waals surface area contributed by atoms with Gasteiger partial charge in [0.05, 0.1) is 19.8 Å². The molecule has 2 heterocycles. The normalized spacial score (nSPS) is 49.6. The largest absolute Gasteiger partial charge is 0.396 e. The summed E-state index contributed by atoms with van der Waals surface area (Å²) >= 11 is 0. The van der Waals surface area contributed by atoms with Crippen molar-refractivity contribution in [3.8, 4) is 0 Å². The van der Waals surface area contributed by atoms with E-state index in [-0.39, 0.29) is 19.1 Å². The van der Waals surface area contributed by atoms with Crippen molar-refractivity contribution >= 4 is 0 Å². The van der Waals surface area contributed by atoms with Crippen LogP contribution < -0.4 is 0 Å². The molecule has 2 rings (SSSR count). The van der Waals surface area contributed by atoms with Gasteiger partial charge in [-0.05, 0) is 0 Å². The lowest BCUT2D eigenvalue weighted by Crippen LogP contribution is -2.48. The van der Waals surface area contributed by atoms with E-state index in [0.29, 0.717) is 13.0 Å². The van der Waals surface area contributed by atoms with Crippen LogP contribution >= 0.6 is 0 Å². The molecule has 0 aromatic rings. The third kappa shape index (κ3) is 1.19. The lowest BCUT2D eigenvalue weighted by Gasteiger charge is -2.36. The molecular formula is C8H14O5. The van der Waals surface area contributed by atoms with Crippen LogP contribution in [0.4, 0.5) is 0 Å². The topological polar surface area (TPSA) is 79.2 Å². The van der Waals surface area contributed by atoms with Gasteiger partial charge in [-0.2, -0.15) is 0 Å². The maximum Gasteiger partial charge on any atom is 0.182 e. The van der Waals surface area contributed by atoms with Crippen molar-refractivity contribution < 1.29 is 24.8 Å². The fraction of sp³-hybridized carbons (Fsp3) is 1.00. The van der Waals surface area contributed by atoms with Gasteiger partial charge in [-0.1, -0.05) is 0 Å². The van der Waals surface area contributed by atoms with Crippen molar-refractivity contribution in [1.82, 2.24) is 0 Å². The summed E-state index contributed by atoms with van der Waals surface area (Å²) in [6.07, 6.45) is -1.000. The molecule has 4 atom stereocenters. The molecule has 2 aliphatic heterocycles. The van der Waals surface area contributed by atoms with Gasteiger partial charge in [-0.25, -0.2) is 0 Å². The summed E-state index contributed by atoms with van der Waals surface area (Å²) in [6.45, 7) is 0.135. The molecule has 3 N–H and O–H groups in total. The SMILES string of the molecule is OCC1C2OCC[C@]1(CO)O[C@H]2O. The van der Waals surface area contributed by atoms with Crippen molar-refractivity contribution in [2.75, 3.05) is 19.8 Å². The predicted octanol–water partition coefficient (Wildman–Crippen LogP) is -1.54. The van der Waals surface area contributed by atoms with E-state index in [1.807, 2.05) is 0 Å². The minimum atomic E-state index is -1.02. The molecule has 5 heteroatoms. The number of fused-ring (bicyclic) bond motifs is 2. The number of ether oxygens (including phenoxy) is 2. The highest BCUT2D eigenvalue weighted by Gasteiger charge is 2.57. The third-order valence-corrected chi connectivity index (χ3v) is 3.01. The van der Waals surface area contributed by atoms with Crippen molar-refractivity contribution in [3.05, 3.63) is 0 Å². The summed E-state index contributed by atoms with van der Waals surface area (Å²) in [7, 11) is 0. The Labute approximate surface area is 75.9 Å². The number of hydrogen-bond acceptors (Lipinski definition) is 5. The fourth-order valence-electron chi connectivity index (χ4n) is 2.21. The Morgan fingerprint density at radius 2 is 2.15 bits per heavy atom. The summed E-state index contributed by atoms with van der Waals surface area (Å²) in [5.41, 5.74) is -0.795. The van der Waals surface area contributed by atoms with E-state index in [0.717, 1.165) is 0 Å². The van der Waals surface area contributed by atoms with Crippen LogP contribution in [0.2, 0.25) is 0 Å². The van der Waals surface area contributed by atoms with E-state index in [1.54, 1.807) is 0 Å². The Hall–Kier alpha value is -0.200. The van der Waals surface area contributed by atoms with Crippen LogP contribution in [0.5, 0.6) is 0 Å². The van der Waals surface area contributed by atoms with Crippen molar-refractivity contribution in [3.63, 3.8) is 0 Å². The van der Waals surface area contributed by atoms with Crippen molar-refractivity contribution in [2.24, 2.45) is 5.92 Å². The van der Waals surface area contributed by atoms with Crippen LogP contribution in [0.15, 0.2) is 0 Å². The zero-order valence-electron chi connectivity index (χ0n) is 7.22. The summed E-state index contributed by atoms with van der Waals surface area (Å²) < 4.78 is 10.5. The number of aliphatic hydroxyl groups excluding tert-OH is 3. The maximum atomic E-state index is 9.43. The van der Waals surface area contributed by atoms with Gasteiger partial charge in [0.25, 0.3) is 0 Å². The predicted molar refractivity (Wildman–Crippen MR) is 41.8 cm³/mol. The van der Waals surface area contributed by atoms with Crippen LogP contribution in [0.3, 0.4) is 0 Å². The summed E-state index contributed by atoms with van der Waals surface area (Å²) in [5.74, 6) is -0.318. The van der Waals surface area contributed by atoms with Crippen LogP contribution in [-0.4, -0.2) is 53.1 Å². The zero-order valence-corrected chi connectivity index (χ0v) is 7.22. The smallest absolute Gasteiger partial charge is 0.182 e. The highest BCUT2D eigenvalue weighted by molar-refractivity contribution is 5.01. The first kappa shape index (κ1) is 9.36. The second-order valence-corrected chi connectivity index (χ2v) is 3.61. The second-order valence-electron chi connectivity index (χ2n) is 3.61. The Balaban J connectivity index is 2.24. The van der Waals surface area contributed by atoms with Gasteiger partial charge in [0.2, 0.25) is 0 Å². The first-order valence-corrected chi connectivity index (χ1v) is 4.43. The molecule has 5 nitrogen and oxygen atoms in total. The Morgan fingerprint density at radius 1 is 1.38 bits per heavy atom. The maximum absolute atomic E-state index is 9.43. The first-order chi connectivity index (χ1) is 6.23. The van der Waals surface area contributed by atoms with Crippen LogP contribution in [-0.2, 0) is 9.47 Å². The minimum absolute atomic E-state index is 0.137. The second kappa shape index (κ2) is 3.18. The van der Waals surface area contributed by atoms with Crippen molar-refractivity contribution in [2.45, 2.75) is 24.4 Å². The minimum Gasteiger partial charge on any atom is -0.396 e. The quantitative estimate of drug-likeness (QED) is 0.492. The zero-order chi connectivity index (χ0) is 9.47. The van der Waals surface area contributed by atoms with Gasteiger partial charge < -0.3 is 24.8 Å². The van der Waals surface area contributed by atoms with Crippen LogP contribution in [0.25, 0.3) is 0 Å². The average Bonchev–Trinajstić information content (AvgIpc) is 2.30. The first-order valence-electron chi connectivity index (χ1n) is 4.43. The average molecular weight is 190 g/mol. The van der Waals surface area contributed by atoms with Crippen molar-refractivity contribution in [1.29, 1.82) is 0 Å². The van der Waals surface area contributed by atoms with E-state index < -0.39 is 18.0 Å². The molecule has 0 radical (unpaired) electrons. The highest BCUT2D eigenvalue weighted by Crippen LogP contribution is 2.42. The molecule has 2 unspecified atom stereocenters. The van der Waals surface area contributed by atoms with Gasteiger partial charge in [-0.3, -0.25) is 0 Å². The number of aliphatic hydroxyl groups is 3. The summed E-state index contributed by atoms with van der Waals surface area (Å²) in [5, 5.41) is 27.7. The van der Waals surface area contributed by atoms with Gasteiger partial charge >= 0.3 is 0 Å². The fourth-order valence-corrected chi connectivity index (χ4v) is 2.21. The molecule has 0 spiro atoms. The molecule has 13 heavy (non-hydrogen) atoms. The molecule has 2 bridgehead atoms. The Morgan fingerprint density at radius 3 is 2.69 bits per heavy atom. The van der Waals surface area contributed by atoms with E-state index in [2.05, 4.69) is 0 Å². The van der Waals surface area contributed by atoms with E-state index in [1.165, 1.54) is 0 Å². The monoisotopic (exact) mass is 190 g/mol. The molecule has 2 fully saturated rings. The van der Waals surface area contributed by atoms with Crippen LogP contribution in [0, 0.1) is 5.92 Å². The lowest BCUT2D eigenvalue weighted by atomic mass is 9.82. The van der Waals surface area contributed by atoms with Crippen LogP contribution in [0.1, 0.15) is 6.42 Å². The standard InChI is InChI=1S/C8H14O5/c9-3-5-6-7(11)13-8(5,4-10)1-2-12-6/h5-7,9-11H,1-4H2/t5?,6?,7-,8-/m1/s1. The molecule has 2 aliphatic rings. The van der Waals surface area contributed by atoms with Gasteiger partial charge in [0, 0.05) is 12.3 Å². The number of rotatable bonds is 2.